The Morgan fingerprint density at radius 3 is 2.35 bits per heavy atom. The summed E-state index contributed by atoms with van der Waals surface area (Å²) in [5, 5.41) is 11.3. The van der Waals surface area contributed by atoms with Gasteiger partial charge in [0.1, 0.15) is 6.04 Å². The second-order valence-corrected chi connectivity index (χ2v) is 5.52. The number of nitrogens with one attached hydrogen (secondary N) is 1. The zero-order chi connectivity index (χ0) is 19.3. The minimum absolute atomic E-state index is 0.0324. The van der Waals surface area contributed by atoms with E-state index in [1.54, 1.807) is 24.3 Å². The standard InChI is InChI=1S/C18H14F3N3O2/c19-18(20,21)14-6-4-13(5-7-14)17(26)24-15(16(23)25)9-11-2-1-3-12(8-11)10-22/h1-8,15H,9H2,(H2,23,25)(H,24,26)/t15-/m0/s1. The number of primary amides is 1. The summed E-state index contributed by atoms with van der Waals surface area (Å²) in [5.41, 5.74) is 5.38. The van der Waals surface area contributed by atoms with E-state index in [-0.39, 0.29) is 12.0 Å². The number of halogens is 3. The zero-order valence-electron chi connectivity index (χ0n) is 13.4. The van der Waals surface area contributed by atoms with Gasteiger partial charge in [0.2, 0.25) is 5.91 Å². The predicted molar refractivity (Wildman–Crippen MR) is 86.8 cm³/mol. The lowest BCUT2D eigenvalue weighted by Gasteiger charge is -2.16. The number of benzene rings is 2. The van der Waals surface area contributed by atoms with Crippen LogP contribution in [-0.2, 0) is 17.4 Å². The van der Waals surface area contributed by atoms with Gasteiger partial charge in [0.25, 0.3) is 5.91 Å². The van der Waals surface area contributed by atoms with Gasteiger partial charge in [-0.25, -0.2) is 0 Å². The molecule has 26 heavy (non-hydrogen) atoms. The molecule has 2 amide bonds. The molecule has 0 aliphatic rings. The van der Waals surface area contributed by atoms with Crippen LogP contribution in [0.15, 0.2) is 48.5 Å². The summed E-state index contributed by atoms with van der Waals surface area (Å²) in [6.45, 7) is 0. The number of hydrogen-bond acceptors (Lipinski definition) is 3. The summed E-state index contributed by atoms with van der Waals surface area (Å²) in [4.78, 5) is 23.8. The quantitative estimate of drug-likeness (QED) is 0.856. The van der Waals surface area contributed by atoms with Crippen LogP contribution in [0.25, 0.3) is 0 Å². The molecule has 0 unspecified atom stereocenters. The summed E-state index contributed by atoms with van der Waals surface area (Å²) < 4.78 is 37.7. The van der Waals surface area contributed by atoms with Gasteiger partial charge in [-0.05, 0) is 42.0 Å². The maximum atomic E-state index is 12.6. The molecular weight excluding hydrogens is 347 g/mol. The maximum absolute atomic E-state index is 12.6. The molecule has 0 saturated heterocycles. The summed E-state index contributed by atoms with van der Waals surface area (Å²) >= 11 is 0. The number of carbonyl (C=O) groups excluding carboxylic acids is 2. The molecule has 0 saturated carbocycles. The van der Waals surface area contributed by atoms with Crippen molar-refractivity contribution in [1.82, 2.24) is 5.32 Å². The predicted octanol–water partition coefficient (Wildman–Crippen LogP) is 2.40. The fourth-order valence-corrected chi connectivity index (χ4v) is 2.28. The SMILES string of the molecule is N#Cc1cccc(C[C@H](NC(=O)c2ccc(C(F)(F)F)cc2)C(N)=O)c1. The third-order valence-corrected chi connectivity index (χ3v) is 3.62. The molecule has 2 aromatic rings. The molecular formula is C18H14F3N3O2. The summed E-state index contributed by atoms with van der Waals surface area (Å²) in [6, 6.07) is 10.9. The van der Waals surface area contributed by atoms with Crippen molar-refractivity contribution < 1.29 is 22.8 Å². The first kappa shape index (κ1) is 19.0. The van der Waals surface area contributed by atoms with Gasteiger partial charge in [0.15, 0.2) is 0 Å². The van der Waals surface area contributed by atoms with Crippen molar-refractivity contribution >= 4 is 11.8 Å². The molecule has 1 atom stereocenters. The number of nitriles is 1. The number of amides is 2. The lowest BCUT2D eigenvalue weighted by molar-refractivity contribution is -0.137. The van der Waals surface area contributed by atoms with E-state index < -0.39 is 29.6 Å². The molecule has 0 aliphatic carbocycles. The van der Waals surface area contributed by atoms with E-state index in [0.29, 0.717) is 11.1 Å². The van der Waals surface area contributed by atoms with Gasteiger partial charge in [0.05, 0.1) is 17.2 Å². The molecule has 0 fully saturated rings. The molecule has 5 nitrogen and oxygen atoms in total. The Balaban J connectivity index is 2.13. The van der Waals surface area contributed by atoms with Crippen LogP contribution >= 0.6 is 0 Å². The minimum Gasteiger partial charge on any atom is -0.368 e. The summed E-state index contributed by atoms with van der Waals surface area (Å²) in [6.07, 6.45) is -4.45. The highest BCUT2D eigenvalue weighted by Gasteiger charge is 2.30. The maximum Gasteiger partial charge on any atom is 0.416 e. The molecule has 0 radical (unpaired) electrons. The van der Waals surface area contributed by atoms with Crippen molar-refractivity contribution in [1.29, 1.82) is 5.26 Å². The Kier molecular flexibility index (Phi) is 5.62. The second kappa shape index (κ2) is 7.70. The average molecular weight is 361 g/mol. The number of alkyl halides is 3. The highest BCUT2D eigenvalue weighted by Crippen LogP contribution is 2.29. The molecule has 8 heteroatoms. The molecule has 0 aliphatic heterocycles. The second-order valence-electron chi connectivity index (χ2n) is 5.52. The Morgan fingerprint density at radius 1 is 1.15 bits per heavy atom. The van der Waals surface area contributed by atoms with Crippen molar-refractivity contribution in [2.24, 2.45) is 5.73 Å². The summed E-state index contributed by atoms with van der Waals surface area (Å²) in [5.74, 6) is -1.52. The van der Waals surface area contributed by atoms with E-state index >= 15 is 0 Å². The van der Waals surface area contributed by atoms with Crippen molar-refractivity contribution in [3.05, 3.63) is 70.8 Å². The van der Waals surface area contributed by atoms with Gasteiger partial charge in [-0.3, -0.25) is 9.59 Å². The number of nitrogens with zero attached hydrogens (tertiary/aromatic N) is 1. The van der Waals surface area contributed by atoms with Gasteiger partial charge < -0.3 is 11.1 Å². The van der Waals surface area contributed by atoms with Gasteiger partial charge in [-0.1, -0.05) is 12.1 Å². The third-order valence-electron chi connectivity index (χ3n) is 3.62. The number of nitrogens with two attached hydrogens (primary N) is 1. The average Bonchev–Trinajstić information content (AvgIpc) is 2.60. The Morgan fingerprint density at radius 2 is 1.81 bits per heavy atom. The van der Waals surface area contributed by atoms with E-state index in [1.165, 1.54) is 0 Å². The Hall–Kier alpha value is -3.34. The normalized spacial score (nSPS) is 12.1. The van der Waals surface area contributed by atoms with Crippen LogP contribution in [-0.4, -0.2) is 17.9 Å². The first-order chi connectivity index (χ1) is 12.2. The van der Waals surface area contributed by atoms with Crippen molar-refractivity contribution in [3.8, 4) is 6.07 Å². The van der Waals surface area contributed by atoms with Crippen LogP contribution in [0.4, 0.5) is 13.2 Å². The molecule has 134 valence electrons. The largest absolute Gasteiger partial charge is 0.416 e. The number of carbonyl (C=O) groups is 2. The highest BCUT2D eigenvalue weighted by atomic mass is 19.4. The van der Waals surface area contributed by atoms with E-state index in [1.807, 2.05) is 6.07 Å². The molecule has 0 aromatic heterocycles. The van der Waals surface area contributed by atoms with Gasteiger partial charge in [-0.15, -0.1) is 0 Å². The lowest BCUT2D eigenvalue weighted by atomic mass is 10.0. The first-order valence-corrected chi connectivity index (χ1v) is 7.47. The van der Waals surface area contributed by atoms with Crippen LogP contribution in [0, 0.1) is 11.3 Å². The van der Waals surface area contributed by atoms with Crippen LogP contribution < -0.4 is 11.1 Å². The van der Waals surface area contributed by atoms with Crippen molar-refractivity contribution in [3.63, 3.8) is 0 Å². The molecule has 2 aromatic carbocycles. The lowest BCUT2D eigenvalue weighted by Crippen LogP contribution is -2.45. The molecule has 0 heterocycles. The van der Waals surface area contributed by atoms with Crippen molar-refractivity contribution in [2.45, 2.75) is 18.6 Å². The minimum atomic E-state index is -4.50. The number of hydrogen-bond donors (Lipinski definition) is 2. The third kappa shape index (κ3) is 4.83. The van der Waals surface area contributed by atoms with E-state index in [9.17, 15) is 22.8 Å². The van der Waals surface area contributed by atoms with Crippen LogP contribution in [0.2, 0.25) is 0 Å². The van der Waals surface area contributed by atoms with E-state index in [2.05, 4.69) is 5.32 Å². The van der Waals surface area contributed by atoms with Crippen molar-refractivity contribution in [2.75, 3.05) is 0 Å². The van der Waals surface area contributed by atoms with Gasteiger partial charge in [0, 0.05) is 12.0 Å². The fraction of sp³-hybridized carbons (Fsp3) is 0.167. The molecule has 3 N–H and O–H groups in total. The van der Waals surface area contributed by atoms with E-state index in [4.69, 9.17) is 11.0 Å². The van der Waals surface area contributed by atoms with Gasteiger partial charge in [-0.2, -0.15) is 18.4 Å². The topological polar surface area (TPSA) is 96.0 Å². The molecule has 0 bridgehead atoms. The molecule has 0 spiro atoms. The number of rotatable bonds is 5. The van der Waals surface area contributed by atoms with Crippen LogP contribution in [0.1, 0.15) is 27.0 Å². The zero-order valence-corrected chi connectivity index (χ0v) is 13.4. The molecule has 2 rings (SSSR count). The Labute approximate surface area is 147 Å². The highest BCUT2D eigenvalue weighted by molar-refractivity contribution is 5.97. The Bertz CT molecular complexity index is 855. The van der Waals surface area contributed by atoms with Gasteiger partial charge >= 0.3 is 6.18 Å². The fourth-order valence-electron chi connectivity index (χ4n) is 2.28. The van der Waals surface area contributed by atoms with Crippen LogP contribution in [0.3, 0.4) is 0 Å². The van der Waals surface area contributed by atoms with E-state index in [0.717, 1.165) is 24.3 Å². The first-order valence-electron chi connectivity index (χ1n) is 7.47. The summed E-state index contributed by atoms with van der Waals surface area (Å²) in [7, 11) is 0. The monoisotopic (exact) mass is 361 g/mol. The van der Waals surface area contributed by atoms with Crippen LogP contribution in [0.5, 0.6) is 0 Å². The smallest absolute Gasteiger partial charge is 0.368 e.